The first-order chi connectivity index (χ1) is 10.5. The maximum Gasteiger partial charge on any atom is 0.227 e. The summed E-state index contributed by atoms with van der Waals surface area (Å²) in [6.07, 6.45) is 3.71. The summed E-state index contributed by atoms with van der Waals surface area (Å²) in [5, 5.41) is 10.7. The van der Waals surface area contributed by atoms with Gasteiger partial charge in [0.05, 0.1) is 0 Å². The predicted octanol–water partition coefficient (Wildman–Crippen LogP) is 2.71. The molecule has 23 heavy (non-hydrogen) atoms. The van der Waals surface area contributed by atoms with Crippen molar-refractivity contribution in [3.05, 3.63) is 5.82 Å². The van der Waals surface area contributed by atoms with Crippen LogP contribution in [0.3, 0.4) is 0 Å². The van der Waals surface area contributed by atoms with E-state index >= 15 is 0 Å². The number of nitrogens with one attached hydrogen (secondary N) is 2. The lowest BCUT2D eigenvalue weighted by Gasteiger charge is -2.19. The summed E-state index contributed by atoms with van der Waals surface area (Å²) in [7, 11) is 1.84. The molecule has 1 fully saturated rings. The first-order valence-electron chi connectivity index (χ1n) is 8.37. The molecular formula is C16H30ClN5O. The largest absolute Gasteiger partial charge is 0.317 e. The highest BCUT2D eigenvalue weighted by Gasteiger charge is 2.21. The molecule has 6 nitrogen and oxygen atoms in total. The molecule has 1 saturated heterocycles. The molecule has 0 aromatic carbocycles. The second kappa shape index (κ2) is 9.23. The van der Waals surface area contributed by atoms with Crippen LogP contribution in [0.4, 0.5) is 5.95 Å². The smallest absolute Gasteiger partial charge is 0.227 e. The van der Waals surface area contributed by atoms with E-state index in [2.05, 4.69) is 41.5 Å². The van der Waals surface area contributed by atoms with Gasteiger partial charge in [-0.05, 0) is 44.2 Å². The summed E-state index contributed by atoms with van der Waals surface area (Å²) in [5.74, 6) is 2.85. The maximum atomic E-state index is 12.1. The summed E-state index contributed by atoms with van der Waals surface area (Å²) < 4.78 is 1.68. The lowest BCUT2D eigenvalue weighted by Crippen LogP contribution is -2.27. The molecular weight excluding hydrogens is 314 g/mol. The van der Waals surface area contributed by atoms with Gasteiger partial charge in [-0.1, -0.05) is 20.8 Å². The van der Waals surface area contributed by atoms with E-state index in [1.807, 2.05) is 7.05 Å². The fourth-order valence-electron chi connectivity index (χ4n) is 3.15. The topological polar surface area (TPSA) is 71.8 Å². The normalized spacial score (nSPS) is 16.9. The van der Waals surface area contributed by atoms with E-state index in [4.69, 9.17) is 0 Å². The van der Waals surface area contributed by atoms with E-state index in [0.717, 1.165) is 38.2 Å². The Balaban J connectivity index is 0.00000264. The molecule has 1 aliphatic rings. The Labute approximate surface area is 145 Å². The monoisotopic (exact) mass is 343 g/mol. The van der Waals surface area contributed by atoms with Crippen LogP contribution in [0.25, 0.3) is 0 Å². The molecule has 1 atom stereocenters. The van der Waals surface area contributed by atoms with Gasteiger partial charge in [0.25, 0.3) is 0 Å². The summed E-state index contributed by atoms with van der Waals surface area (Å²) in [6.45, 7) is 8.51. The number of halogens is 1. The highest BCUT2D eigenvalue weighted by molar-refractivity contribution is 5.89. The fourth-order valence-corrected chi connectivity index (χ4v) is 3.15. The van der Waals surface area contributed by atoms with Crippen LogP contribution in [0.1, 0.15) is 58.2 Å². The molecule has 1 amide bonds. The van der Waals surface area contributed by atoms with Crippen molar-refractivity contribution < 1.29 is 4.79 Å². The van der Waals surface area contributed by atoms with Crippen molar-refractivity contribution in [1.82, 2.24) is 20.1 Å². The van der Waals surface area contributed by atoms with Crippen molar-refractivity contribution in [3.63, 3.8) is 0 Å². The molecule has 0 saturated carbocycles. The number of hydrogen-bond donors (Lipinski definition) is 2. The Morgan fingerprint density at radius 2 is 2.00 bits per heavy atom. The molecule has 2 heterocycles. The van der Waals surface area contributed by atoms with Crippen LogP contribution in [0.5, 0.6) is 0 Å². The van der Waals surface area contributed by atoms with Crippen molar-refractivity contribution in [2.24, 2.45) is 18.9 Å². The highest BCUT2D eigenvalue weighted by Crippen LogP contribution is 2.23. The quantitative estimate of drug-likeness (QED) is 0.833. The van der Waals surface area contributed by atoms with Crippen molar-refractivity contribution in [3.8, 4) is 0 Å². The van der Waals surface area contributed by atoms with Crippen LogP contribution in [0.2, 0.25) is 0 Å². The zero-order valence-corrected chi connectivity index (χ0v) is 15.4. The number of piperidine rings is 1. The molecule has 1 aromatic rings. The Morgan fingerprint density at radius 3 is 2.61 bits per heavy atom. The van der Waals surface area contributed by atoms with Gasteiger partial charge in [-0.3, -0.25) is 10.1 Å². The minimum absolute atomic E-state index is 0. The first kappa shape index (κ1) is 19.9. The number of anilines is 1. The predicted molar refractivity (Wildman–Crippen MR) is 95.0 cm³/mol. The highest BCUT2D eigenvalue weighted by atomic mass is 35.5. The number of hydrogen-bond acceptors (Lipinski definition) is 4. The van der Waals surface area contributed by atoms with E-state index in [1.54, 1.807) is 4.68 Å². The minimum atomic E-state index is 0. The Hall–Kier alpha value is -1.14. The number of aromatic nitrogens is 3. The molecule has 1 unspecified atom stereocenters. The standard InChI is InChI=1S/C16H29N5O.ClH/c1-11(2)9-12(3)10-14(22)18-16-19-15(20-21(16)4)13-5-7-17-8-6-13;/h11-13,17H,5-10H2,1-4H3,(H,18,19,20,22);1H. The molecule has 0 radical (unpaired) electrons. The third-order valence-electron chi connectivity index (χ3n) is 4.14. The average molecular weight is 344 g/mol. The Bertz CT molecular complexity index is 497. The van der Waals surface area contributed by atoms with Crippen molar-refractivity contribution in [1.29, 1.82) is 0 Å². The Morgan fingerprint density at radius 1 is 1.35 bits per heavy atom. The third-order valence-corrected chi connectivity index (χ3v) is 4.14. The summed E-state index contributed by atoms with van der Waals surface area (Å²) in [5.41, 5.74) is 0. The van der Waals surface area contributed by atoms with Gasteiger partial charge < -0.3 is 5.32 Å². The van der Waals surface area contributed by atoms with Gasteiger partial charge in [0.2, 0.25) is 11.9 Å². The number of aryl methyl sites for hydroxylation is 1. The SMILES string of the molecule is CC(C)CC(C)CC(=O)Nc1nc(C2CCNCC2)nn1C.Cl. The third kappa shape index (κ3) is 6.11. The van der Waals surface area contributed by atoms with Crippen LogP contribution in [-0.4, -0.2) is 33.8 Å². The van der Waals surface area contributed by atoms with Crippen LogP contribution >= 0.6 is 12.4 Å². The minimum Gasteiger partial charge on any atom is -0.317 e. The van der Waals surface area contributed by atoms with Gasteiger partial charge in [-0.25, -0.2) is 4.68 Å². The number of carbonyl (C=O) groups is 1. The van der Waals surface area contributed by atoms with Gasteiger partial charge in [-0.2, -0.15) is 10.1 Å². The van der Waals surface area contributed by atoms with Crippen LogP contribution in [0.15, 0.2) is 0 Å². The lowest BCUT2D eigenvalue weighted by molar-refractivity contribution is -0.117. The lowest BCUT2D eigenvalue weighted by atomic mass is 9.96. The zero-order chi connectivity index (χ0) is 16.1. The van der Waals surface area contributed by atoms with E-state index in [1.165, 1.54) is 0 Å². The van der Waals surface area contributed by atoms with Crippen molar-refractivity contribution >= 4 is 24.3 Å². The van der Waals surface area contributed by atoms with Gasteiger partial charge in [0.15, 0.2) is 5.82 Å². The average Bonchev–Trinajstić information content (AvgIpc) is 2.80. The summed E-state index contributed by atoms with van der Waals surface area (Å²) in [6, 6.07) is 0. The number of amides is 1. The molecule has 2 N–H and O–H groups in total. The maximum absolute atomic E-state index is 12.1. The molecule has 0 aliphatic carbocycles. The van der Waals surface area contributed by atoms with Crippen LogP contribution in [0, 0.1) is 11.8 Å². The Kier molecular flexibility index (Phi) is 7.99. The second-order valence-corrected chi connectivity index (χ2v) is 6.93. The van der Waals surface area contributed by atoms with Gasteiger partial charge >= 0.3 is 0 Å². The fraction of sp³-hybridized carbons (Fsp3) is 0.812. The van der Waals surface area contributed by atoms with Gasteiger partial charge in [0, 0.05) is 19.4 Å². The molecule has 0 bridgehead atoms. The van der Waals surface area contributed by atoms with Crippen molar-refractivity contribution in [2.45, 2.75) is 52.4 Å². The van der Waals surface area contributed by atoms with Gasteiger partial charge in [0.1, 0.15) is 0 Å². The number of carbonyl (C=O) groups excluding carboxylic acids is 1. The van der Waals surface area contributed by atoms with Crippen molar-refractivity contribution in [2.75, 3.05) is 18.4 Å². The van der Waals surface area contributed by atoms with E-state index < -0.39 is 0 Å². The molecule has 0 spiro atoms. The summed E-state index contributed by atoms with van der Waals surface area (Å²) in [4.78, 5) is 16.7. The molecule has 1 aliphatic heterocycles. The molecule has 1 aromatic heterocycles. The zero-order valence-electron chi connectivity index (χ0n) is 14.6. The van der Waals surface area contributed by atoms with E-state index in [-0.39, 0.29) is 18.3 Å². The van der Waals surface area contributed by atoms with Gasteiger partial charge in [-0.15, -0.1) is 12.4 Å². The second-order valence-electron chi connectivity index (χ2n) is 6.93. The van der Waals surface area contributed by atoms with Crippen LogP contribution < -0.4 is 10.6 Å². The summed E-state index contributed by atoms with van der Waals surface area (Å²) >= 11 is 0. The number of rotatable bonds is 6. The van der Waals surface area contributed by atoms with E-state index in [0.29, 0.717) is 30.1 Å². The molecule has 7 heteroatoms. The molecule has 132 valence electrons. The van der Waals surface area contributed by atoms with Crippen LogP contribution in [-0.2, 0) is 11.8 Å². The molecule has 2 rings (SSSR count). The van der Waals surface area contributed by atoms with E-state index in [9.17, 15) is 4.79 Å². The number of nitrogens with zero attached hydrogens (tertiary/aromatic N) is 3. The first-order valence-corrected chi connectivity index (χ1v) is 8.37.